The Morgan fingerprint density at radius 2 is 1.91 bits per heavy atom. The maximum Gasteiger partial charge on any atom is 0.252 e. The molecule has 4 rings (SSSR count). The number of anilines is 1. The molecule has 23 heavy (non-hydrogen) atoms. The maximum atomic E-state index is 11.1. The number of nitrogens with one attached hydrogen (secondary N) is 1. The van der Waals surface area contributed by atoms with Gasteiger partial charge in [-0.1, -0.05) is 11.6 Å². The molecule has 0 aliphatic carbocycles. The van der Waals surface area contributed by atoms with Gasteiger partial charge in [0.05, 0.1) is 11.2 Å². The first-order valence-corrected chi connectivity index (χ1v) is 9.18. The van der Waals surface area contributed by atoms with Crippen molar-refractivity contribution in [1.82, 2.24) is 10.2 Å². The summed E-state index contributed by atoms with van der Waals surface area (Å²) in [5.74, 6) is -0.179. The zero-order valence-electron chi connectivity index (χ0n) is 12.7. The van der Waals surface area contributed by atoms with Crippen molar-refractivity contribution in [2.24, 2.45) is 4.99 Å². The highest BCUT2D eigenvalue weighted by atomic mass is 35.5. The predicted molar refractivity (Wildman–Crippen MR) is 95.9 cm³/mol. The molecule has 3 heterocycles. The summed E-state index contributed by atoms with van der Waals surface area (Å²) in [7, 11) is 0. The first-order valence-electron chi connectivity index (χ1n) is 7.81. The molecule has 0 aromatic heterocycles. The molecule has 122 valence electrons. The minimum absolute atomic E-state index is 0.753. The molecule has 2 N–H and O–H groups in total. The van der Waals surface area contributed by atoms with Gasteiger partial charge in [0.1, 0.15) is 0 Å². The van der Waals surface area contributed by atoms with Gasteiger partial charge in [-0.25, -0.2) is 9.89 Å². The van der Waals surface area contributed by atoms with E-state index in [9.17, 15) is 5.11 Å². The van der Waals surface area contributed by atoms with Crippen LogP contribution in [0.1, 0.15) is 6.42 Å². The minimum atomic E-state index is -1.19. The highest BCUT2D eigenvalue weighted by Gasteiger charge is 2.44. The van der Waals surface area contributed by atoms with Gasteiger partial charge in [-0.05, 0) is 30.7 Å². The van der Waals surface area contributed by atoms with Gasteiger partial charge in [0.25, 0.3) is 5.85 Å². The van der Waals surface area contributed by atoms with E-state index in [0.29, 0.717) is 0 Å². The molecule has 0 bridgehead atoms. The molecule has 0 amide bonds. The van der Waals surface area contributed by atoms with Crippen molar-refractivity contribution in [3.63, 3.8) is 0 Å². The zero-order valence-corrected chi connectivity index (χ0v) is 14.3. The van der Waals surface area contributed by atoms with Crippen LogP contribution in [-0.4, -0.2) is 54.1 Å². The lowest BCUT2D eigenvalue weighted by Gasteiger charge is -2.44. The van der Waals surface area contributed by atoms with Gasteiger partial charge in [0.15, 0.2) is 0 Å². The number of hydrogen-bond donors (Lipinski definition) is 2. The van der Waals surface area contributed by atoms with E-state index in [4.69, 9.17) is 11.6 Å². The second kappa shape index (κ2) is 6.02. The fourth-order valence-electron chi connectivity index (χ4n) is 3.31. The van der Waals surface area contributed by atoms with Gasteiger partial charge >= 0.3 is 0 Å². The van der Waals surface area contributed by atoms with Gasteiger partial charge in [-0.15, -0.1) is 11.8 Å². The van der Waals surface area contributed by atoms with Crippen molar-refractivity contribution >= 4 is 35.4 Å². The van der Waals surface area contributed by atoms with E-state index in [1.165, 1.54) is 5.69 Å². The average molecular weight is 351 g/mol. The van der Waals surface area contributed by atoms with Gasteiger partial charge < -0.3 is 15.3 Å². The fraction of sp³-hybridized carbons (Fsp3) is 0.438. The van der Waals surface area contributed by atoms with Crippen LogP contribution in [0.4, 0.5) is 5.69 Å². The minimum Gasteiger partial charge on any atom is -0.369 e. The Morgan fingerprint density at radius 1 is 1.17 bits per heavy atom. The van der Waals surface area contributed by atoms with E-state index < -0.39 is 5.85 Å². The summed E-state index contributed by atoms with van der Waals surface area (Å²) in [5.41, 5.74) is 2.29. The Labute approximate surface area is 145 Å². The summed E-state index contributed by atoms with van der Waals surface area (Å²) in [5, 5.41) is 15.1. The predicted octanol–water partition coefficient (Wildman–Crippen LogP) is 2.09. The van der Waals surface area contributed by atoms with Crippen molar-refractivity contribution in [3.05, 3.63) is 39.9 Å². The molecule has 1 unspecified atom stereocenters. The molecule has 5 nitrogen and oxygen atoms in total. The zero-order chi connectivity index (χ0) is 15.9. The third-order valence-corrected chi connectivity index (χ3v) is 6.04. The highest BCUT2D eigenvalue weighted by molar-refractivity contribution is 8.03. The molecule has 0 saturated carbocycles. The smallest absolute Gasteiger partial charge is 0.252 e. The fourth-order valence-corrected chi connectivity index (χ4v) is 4.65. The number of aliphatic imine (C=N–C) groups is 1. The molecule has 1 fully saturated rings. The number of rotatable bonds is 2. The van der Waals surface area contributed by atoms with E-state index in [-0.39, 0.29) is 0 Å². The highest BCUT2D eigenvalue weighted by Crippen LogP contribution is 2.42. The first kappa shape index (κ1) is 15.3. The number of nitrogens with zero attached hydrogens (tertiary/aromatic N) is 3. The topological polar surface area (TPSA) is 51.1 Å². The third kappa shape index (κ3) is 2.74. The summed E-state index contributed by atoms with van der Waals surface area (Å²) in [6.07, 6.45) is 2.61. The summed E-state index contributed by atoms with van der Waals surface area (Å²) in [6.45, 7) is 3.27. The molecule has 1 saturated heterocycles. The molecule has 0 spiro atoms. The number of hydrogen-bond acceptors (Lipinski definition) is 6. The van der Waals surface area contributed by atoms with Gasteiger partial charge in [-0.2, -0.15) is 0 Å². The van der Waals surface area contributed by atoms with E-state index in [1.54, 1.807) is 18.1 Å². The van der Waals surface area contributed by atoms with Crippen LogP contribution in [0.25, 0.3) is 0 Å². The molecule has 1 atom stereocenters. The molecule has 1 aromatic rings. The largest absolute Gasteiger partial charge is 0.369 e. The van der Waals surface area contributed by atoms with Crippen LogP contribution in [0, 0.1) is 0 Å². The van der Waals surface area contributed by atoms with Crippen LogP contribution >= 0.6 is 23.4 Å². The van der Waals surface area contributed by atoms with Gasteiger partial charge in [-0.3, -0.25) is 0 Å². The van der Waals surface area contributed by atoms with Crippen molar-refractivity contribution in [3.8, 4) is 0 Å². The quantitative estimate of drug-likeness (QED) is 0.855. The maximum absolute atomic E-state index is 11.1. The second-order valence-corrected chi connectivity index (χ2v) is 7.44. The summed E-state index contributed by atoms with van der Waals surface area (Å²) in [4.78, 5) is 9.73. The third-order valence-electron chi connectivity index (χ3n) is 4.57. The number of halogens is 1. The van der Waals surface area contributed by atoms with E-state index in [1.807, 2.05) is 24.3 Å². The molecular formula is C16H19ClN4OS. The van der Waals surface area contributed by atoms with E-state index in [2.05, 4.69) is 20.1 Å². The van der Waals surface area contributed by atoms with Crippen LogP contribution in [0.15, 0.2) is 39.9 Å². The van der Waals surface area contributed by atoms with Crippen LogP contribution in [-0.2, 0) is 0 Å². The van der Waals surface area contributed by atoms with Crippen LogP contribution in [0.2, 0.25) is 5.02 Å². The lowest BCUT2D eigenvalue weighted by molar-refractivity contribution is -0.0677. The van der Waals surface area contributed by atoms with Crippen molar-refractivity contribution < 1.29 is 5.11 Å². The lowest BCUT2D eigenvalue weighted by Crippen LogP contribution is -2.58. The van der Waals surface area contributed by atoms with Gasteiger partial charge in [0, 0.05) is 48.3 Å². The molecule has 0 radical (unpaired) electrons. The first-order chi connectivity index (χ1) is 11.2. The standard InChI is InChI=1S/C16H19ClN4OS/c17-12-1-3-13(4-2-12)20-6-8-21(9-7-20)16(22)15-14(5-10-23-15)18-11-19-16/h1-4,11,22H,5-10H2,(H,18,19). The Balaban J connectivity index is 1.48. The number of aliphatic hydroxyl groups is 1. The average Bonchev–Trinajstić information content (AvgIpc) is 3.06. The lowest BCUT2D eigenvalue weighted by atomic mass is 10.1. The molecule has 1 aromatic carbocycles. The molecule has 3 aliphatic heterocycles. The summed E-state index contributed by atoms with van der Waals surface area (Å²) in [6, 6.07) is 7.92. The van der Waals surface area contributed by atoms with Crippen LogP contribution in [0.5, 0.6) is 0 Å². The van der Waals surface area contributed by atoms with Crippen molar-refractivity contribution in [2.75, 3.05) is 36.8 Å². The number of allylic oxidation sites excluding steroid dienone is 1. The molecule has 3 aliphatic rings. The summed E-state index contributed by atoms with van der Waals surface area (Å²) < 4.78 is 0. The Bertz CT molecular complexity index is 655. The van der Waals surface area contributed by atoms with Crippen molar-refractivity contribution in [1.29, 1.82) is 0 Å². The Hall–Kier alpha value is -1.21. The van der Waals surface area contributed by atoms with Crippen LogP contribution in [0.3, 0.4) is 0 Å². The SMILES string of the molecule is OC1(N2CCN(c3ccc(Cl)cc3)CC2)N=CNC2=C1SCC2. The second-order valence-electron chi connectivity index (χ2n) is 5.89. The van der Waals surface area contributed by atoms with E-state index >= 15 is 0 Å². The molecular weight excluding hydrogens is 332 g/mol. The van der Waals surface area contributed by atoms with Gasteiger partial charge in [0.2, 0.25) is 0 Å². The number of benzene rings is 1. The monoisotopic (exact) mass is 350 g/mol. The number of piperazine rings is 1. The Morgan fingerprint density at radius 3 is 2.65 bits per heavy atom. The van der Waals surface area contributed by atoms with E-state index in [0.717, 1.165) is 54.0 Å². The number of thioether (sulfide) groups is 1. The summed E-state index contributed by atoms with van der Waals surface area (Å²) >= 11 is 7.67. The molecule has 7 heteroatoms. The normalized spacial score (nSPS) is 28.0. The Kier molecular flexibility index (Phi) is 4.01. The van der Waals surface area contributed by atoms with Crippen LogP contribution < -0.4 is 10.2 Å². The van der Waals surface area contributed by atoms with Crippen molar-refractivity contribution in [2.45, 2.75) is 12.3 Å².